The number of aliphatic hydroxyl groups excluding tert-OH is 3. The Labute approximate surface area is 124 Å². The van der Waals surface area contributed by atoms with Gasteiger partial charge in [-0.1, -0.05) is 0 Å². The summed E-state index contributed by atoms with van der Waals surface area (Å²) in [6.45, 7) is -0.794. The van der Waals surface area contributed by atoms with Gasteiger partial charge < -0.3 is 40.9 Å². The van der Waals surface area contributed by atoms with E-state index in [1.165, 1.54) is 0 Å². The monoisotopic (exact) mass is 341 g/mol. The van der Waals surface area contributed by atoms with Gasteiger partial charge in [-0.05, 0) is 0 Å². The summed E-state index contributed by atoms with van der Waals surface area (Å²) in [5.74, 6) is -1.49. The Bertz CT molecular complexity index is 534. The lowest BCUT2D eigenvalue weighted by atomic mass is 10.1. The third-order valence-corrected chi connectivity index (χ3v) is 3.71. The van der Waals surface area contributed by atoms with Crippen LogP contribution in [-0.2, 0) is 18.6 Å². The van der Waals surface area contributed by atoms with Gasteiger partial charge in [0.05, 0.1) is 13.3 Å². The number of phosphoric ester groups is 1. The second-order valence-electron chi connectivity index (χ2n) is 4.70. The number of amides is 1. The van der Waals surface area contributed by atoms with Crippen LogP contribution in [0.2, 0.25) is 0 Å². The van der Waals surface area contributed by atoms with E-state index in [0.717, 1.165) is 4.90 Å². The smallest absolute Gasteiger partial charge is 0.469 e. The lowest BCUT2D eigenvalue weighted by molar-refractivity contribution is -0.115. The fourth-order valence-electron chi connectivity index (χ4n) is 2.16. The number of hydrogen-bond acceptors (Lipinski definition) is 9. The highest BCUT2D eigenvalue weighted by Crippen LogP contribution is 2.37. The quantitative estimate of drug-likeness (QED) is 0.246. The number of ether oxygens (including phenoxy) is 1. The molecule has 1 fully saturated rings. The van der Waals surface area contributed by atoms with E-state index in [-0.39, 0.29) is 12.4 Å². The Kier molecular flexibility index (Phi) is 4.63. The molecule has 12 nitrogen and oxygen atoms in total. The average Bonchev–Trinajstić information content (AvgIpc) is 2.90. The molecule has 0 spiro atoms. The Balaban J connectivity index is 2.08. The van der Waals surface area contributed by atoms with E-state index >= 15 is 0 Å². The average molecular weight is 341 g/mol. The zero-order valence-electron chi connectivity index (χ0n) is 11.1. The molecule has 8 N–H and O–H groups in total. The van der Waals surface area contributed by atoms with Crippen LogP contribution in [0.1, 0.15) is 0 Å². The lowest BCUT2D eigenvalue weighted by Crippen LogP contribution is -2.43. The normalized spacial score (nSPS) is 32.5. The minimum absolute atomic E-state index is 0.120. The van der Waals surface area contributed by atoms with E-state index in [1.807, 2.05) is 0 Å². The number of nitrogens with zero attached hydrogens (tertiary/aromatic N) is 1. The molecule has 2 heterocycles. The van der Waals surface area contributed by atoms with Crippen molar-refractivity contribution in [3.8, 4) is 0 Å². The maximum absolute atomic E-state index is 11.1. The highest BCUT2D eigenvalue weighted by molar-refractivity contribution is 7.46. The van der Waals surface area contributed by atoms with E-state index in [4.69, 9.17) is 20.3 Å². The van der Waals surface area contributed by atoms with E-state index in [9.17, 15) is 24.7 Å². The number of nitrogens with one attached hydrogen (secondary N) is 1. The zero-order valence-corrected chi connectivity index (χ0v) is 12.0. The molecule has 4 unspecified atom stereocenters. The van der Waals surface area contributed by atoms with Gasteiger partial charge in [0.2, 0.25) is 5.88 Å². The number of primary amides is 1. The standard InChI is InChI=1S/C9H16N3O9P/c10-7(15)4-8(16)12(2-11-4)9-6(14)5(13)3(21-9)1-20-22(17,18)19/h3,5-6,9,11,13-14,16H,1-2H2,(H2,10,15)(H2,17,18,19). The molecule has 2 rings (SSSR count). The maximum Gasteiger partial charge on any atom is 0.469 e. The van der Waals surface area contributed by atoms with Crippen LogP contribution in [-0.4, -0.2) is 73.7 Å². The molecule has 1 amide bonds. The van der Waals surface area contributed by atoms with Crippen molar-refractivity contribution in [3.63, 3.8) is 0 Å². The van der Waals surface area contributed by atoms with E-state index in [0.29, 0.717) is 0 Å². The molecule has 2 aliphatic heterocycles. The molecule has 0 saturated carbocycles. The number of rotatable bonds is 5. The van der Waals surface area contributed by atoms with Gasteiger partial charge in [0, 0.05) is 0 Å². The minimum Gasteiger partial charge on any atom is -0.493 e. The molecule has 0 bridgehead atoms. The third-order valence-electron chi connectivity index (χ3n) is 3.22. The predicted octanol–water partition coefficient (Wildman–Crippen LogP) is -3.38. The summed E-state index contributed by atoms with van der Waals surface area (Å²) in [5, 5.41) is 32.1. The molecule has 22 heavy (non-hydrogen) atoms. The molecular formula is C9H16N3O9P. The van der Waals surface area contributed by atoms with Crippen LogP contribution in [0.25, 0.3) is 0 Å². The minimum atomic E-state index is -4.76. The Morgan fingerprint density at radius 1 is 1.45 bits per heavy atom. The Hall–Kier alpha value is -1.40. The van der Waals surface area contributed by atoms with Gasteiger partial charge in [-0.25, -0.2) is 4.57 Å². The number of aliphatic hydroxyl groups is 3. The topological polar surface area (TPSA) is 195 Å². The third kappa shape index (κ3) is 3.33. The zero-order chi connectivity index (χ0) is 16.7. The molecule has 13 heteroatoms. The summed E-state index contributed by atoms with van der Waals surface area (Å²) in [7, 11) is -4.76. The molecule has 0 aromatic heterocycles. The van der Waals surface area contributed by atoms with Gasteiger partial charge in [0.1, 0.15) is 18.3 Å². The van der Waals surface area contributed by atoms with Crippen LogP contribution in [0.5, 0.6) is 0 Å². The van der Waals surface area contributed by atoms with Crippen LogP contribution >= 0.6 is 7.82 Å². The second kappa shape index (κ2) is 6.01. The molecule has 1 saturated heterocycles. The SMILES string of the molecule is NC(=O)C1=C(O)N(C2OC(COP(=O)(O)O)C(O)C2O)CN1. The maximum atomic E-state index is 11.1. The molecule has 0 aliphatic carbocycles. The second-order valence-corrected chi connectivity index (χ2v) is 5.94. The van der Waals surface area contributed by atoms with Crippen molar-refractivity contribution >= 4 is 13.7 Å². The summed E-state index contributed by atoms with van der Waals surface area (Å²) in [6.07, 6.45) is -5.52. The van der Waals surface area contributed by atoms with Crippen LogP contribution < -0.4 is 11.1 Å². The van der Waals surface area contributed by atoms with Gasteiger partial charge in [0.25, 0.3) is 5.91 Å². The summed E-state index contributed by atoms with van der Waals surface area (Å²) in [4.78, 5) is 29.3. The number of hydrogen-bond donors (Lipinski definition) is 7. The fourth-order valence-corrected chi connectivity index (χ4v) is 2.51. The fraction of sp³-hybridized carbons (Fsp3) is 0.667. The Morgan fingerprint density at radius 3 is 2.59 bits per heavy atom. The highest BCUT2D eigenvalue weighted by atomic mass is 31.2. The van der Waals surface area contributed by atoms with Crippen molar-refractivity contribution in [3.05, 3.63) is 11.6 Å². The lowest BCUT2D eigenvalue weighted by Gasteiger charge is -2.26. The van der Waals surface area contributed by atoms with Gasteiger partial charge in [-0.3, -0.25) is 14.2 Å². The number of phosphoric acid groups is 1. The van der Waals surface area contributed by atoms with Crippen LogP contribution in [0, 0.1) is 0 Å². The van der Waals surface area contributed by atoms with Crippen molar-refractivity contribution in [1.29, 1.82) is 0 Å². The summed E-state index contributed by atoms with van der Waals surface area (Å²) >= 11 is 0. The number of nitrogens with two attached hydrogens (primary N) is 1. The highest BCUT2D eigenvalue weighted by Gasteiger charge is 2.48. The molecule has 4 atom stereocenters. The summed E-state index contributed by atoms with van der Waals surface area (Å²) in [5.41, 5.74) is 4.75. The molecule has 126 valence electrons. The largest absolute Gasteiger partial charge is 0.493 e. The molecule has 0 aromatic rings. The predicted molar refractivity (Wildman–Crippen MR) is 67.4 cm³/mol. The van der Waals surface area contributed by atoms with E-state index < -0.39 is 50.8 Å². The molecule has 0 radical (unpaired) electrons. The molecule has 0 aromatic carbocycles. The first-order chi connectivity index (χ1) is 10.1. The van der Waals surface area contributed by atoms with Crippen LogP contribution in [0.3, 0.4) is 0 Å². The van der Waals surface area contributed by atoms with Gasteiger partial charge >= 0.3 is 7.82 Å². The van der Waals surface area contributed by atoms with Gasteiger partial charge in [0.15, 0.2) is 11.9 Å². The first kappa shape index (κ1) is 17.0. The van der Waals surface area contributed by atoms with Crippen LogP contribution in [0.4, 0.5) is 0 Å². The van der Waals surface area contributed by atoms with E-state index in [1.54, 1.807) is 0 Å². The molecule has 2 aliphatic rings. The van der Waals surface area contributed by atoms with Crippen molar-refractivity contribution in [1.82, 2.24) is 10.2 Å². The molecular weight excluding hydrogens is 325 g/mol. The summed E-state index contributed by atoms with van der Waals surface area (Å²) < 4.78 is 20.1. The van der Waals surface area contributed by atoms with Gasteiger partial charge in [-0.15, -0.1) is 0 Å². The van der Waals surface area contributed by atoms with Crippen molar-refractivity contribution in [2.45, 2.75) is 24.5 Å². The first-order valence-corrected chi connectivity index (χ1v) is 7.60. The first-order valence-electron chi connectivity index (χ1n) is 6.07. The number of carbonyl (C=O) groups is 1. The van der Waals surface area contributed by atoms with Crippen LogP contribution in [0.15, 0.2) is 11.6 Å². The van der Waals surface area contributed by atoms with E-state index in [2.05, 4.69) is 9.84 Å². The summed E-state index contributed by atoms with van der Waals surface area (Å²) in [6, 6.07) is 0. The van der Waals surface area contributed by atoms with Crippen molar-refractivity contribution < 1.29 is 43.7 Å². The Morgan fingerprint density at radius 2 is 2.09 bits per heavy atom. The van der Waals surface area contributed by atoms with Gasteiger partial charge in [-0.2, -0.15) is 0 Å². The van der Waals surface area contributed by atoms with Crippen molar-refractivity contribution in [2.24, 2.45) is 5.73 Å². The van der Waals surface area contributed by atoms with Crippen molar-refractivity contribution in [2.75, 3.05) is 13.3 Å². The number of carbonyl (C=O) groups excluding carboxylic acids is 1.